The van der Waals surface area contributed by atoms with Gasteiger partial charge in [0.1, 0.15) is 0 Å². The Morgan fingerprint density at radius 3 is 2.75 bits per heavy atom. The number of aromatic nitrogens is 2. The molecule has 0 amide bonds. The van der Waals surface area contributed by atoms with Crippen LogP contribution in [0.2, 0.25) is 0 Å². The minimum atomic E-state index is -0.741. The molecule has 6 nitrogen and oxygen atoms in total. The van der Waals surface area contributed by atoms with Gasteiger partial charge in [-0.25, -0.2) is 0 Å². The average molecular weight is 224 g/mol. The lowest BCUT2D eigenvalue weighted by Crippen LogP contribution is -2.23. The first-order chi connectivity index (χ1) is 7.71. The molecule has 0 saturated carbocycles. The van der Waals surface area contributed by atoms with Crippen molar-refractivity contribution in [3.63, 3.8) is 0 Å². The van der Waals surface area contributed by atoms with E-state index in [1.54, 1.807) is 0 Å². The number of nitriles is 1. The second kappa shape index (κ2) is 6.08. The molecule has 0 radical (unpaired) electrons. The van der Waals surface area contributed by atoms with Gasteiger partial charge in [-0.2, -0.15) is 10.2 Å². The van der Waals surface area contributed by atoms with Crippen LogP contribution < -0.4 is 4.90 Å². The van der Waals surface area contributed by atoms with Crippen molar-refractivity contribution in [3.05, 3.63) is 5.89 Å². The summed E-state index contributed by atoms with van der Waals surface area (Å²) in [5.41, 5.74) is 0. The second-order valence-electron chi connectivity index (χ2n) is 3.38. The minimum Gasteiger partial charge on any atom is -0.392 e. The number of aliphatic hydroxyl groups excluding tert-OH is 1. The SMILES string of the molecule is CCN(CC)c1noc(CC(O)CC#N)n1. The summed E-state index contributed by atoms with van der Waals surface area (Å²) in [5, 5.41) is 21.6. The molecule has 1 unspecified atom stereocenters. The Balaban J connectivity index is 2.61. The number of hydrogen-bond acceptors (Lipinski definition) is 6. The van der Waals surface area contributed by atoms with Crippen LogP contribution in [0.15, 0.2) is 4.52 Å². The quantitative estimate of drug-likeness (QED) is 0.766. The Labute approximate surface area is 94.5 Å². The molecule has 0 bridgehead atoms. The third-order valence-electron chi connectivity index (χ3n) is 2.24. The molecule has 0 aliphatic carbocycles. The van der Waals surface area contributed by atoms with Gasteiger partial charge in [0.15, 0.2) is 0 Å². The zero-order chi connectivity index (χ0) is 12.0. The number of rotatable bonds is 6. The molecule has 1 aromatic rings. The van der Waals surface area contributed by atoms with E-state index in [-0.39, 0.29) is 12.8 Å². The Kier molecular flexibility index (Phi) is 4.73. The fraction of sp³-hybridized carbons (Fsp3) is 0.700. The van der Waals surface area contributed by atoms with Crippen LogP contribution in [0.4, 0.5) is 5.95 Å². The van der Waals surface area contributed by atoms with Crippen molar-refractivity contribution in [2.75, 3.05) is 18.0 Å². The van der Waals surface area contributed by atoms with E-state index in [1.807, 2.05) is 24.8 Å². The highest BCUT2D eigenvalue weighted by Gasteiger charge is 2.14. The molecule has 0 spiro atoms. The zero-order valence-corrected chi connectivity index (χ0v) is 9.55. The van der Waals surface area contributed by atoms with E-state index < -0.39 is 6.10 Å². The zero-order valence-electron chi connectivity index (χ0n) is 9.55. The first kappa shape index (κ1) is 12.5. The molecule has 1 heterocycles. The van der Waals surface area contributed by atoms with Gasteiger partial charge >= 0.3 is 0 Å². The fourth-order valence-corrected chi connectivity index (χ4v) is 1.34. The van der Waals surface area contributed by atoms with Crippen LogP contribution in [0.25, 0.3) is 0 Å². The van der Waals surface area contributed by atoms with Crippen LogP contribution in [0.5, 0.6) is 0 Å². The third-order valence-corrected chi connectivity index (χ3v) is 2.24. The molecule has 1 N–H and O–H groups in total. The Hall–Kier alpha value is -1.61. The molecule has 16 heavy (non-hydrogen) atoms. The molecular formula is C10H16N4O2. The van der Waals surface area contributed by atoms with Gasteiger partial charge in [0.2, 0.25) is 5.89 Å². The van der Waals surface area contributed by atoms with Crippen molar-refractivity contribution in [1.82, 2.24) is 10.1 Å². The van der Waals surface area contributed by atoms with Crippen molar-refractivity contribution in [2.24, 2.45) is 0 Å². The van der Waals surface area contributed by atoms with Crippen LogP contribution in [-0.2, 0) is 6.42 Å². The number of anilines is 1. The average Bonchev–Trinajstić information content (AvgIpc) is 2.68. The van der Waals surface area contributed by atoms with Crippen molar-refractivity contribution in [2.45, 2.75) is 32.8 Å². The first-order valence-corrected chi connectivity index (χ1v) is 5.33. The summed E-state index contributed by atoms with van der Waals surface area (Å²) in [5.74, 6) is 0.897. The van der Waals surface area contributed by atoms with Gasteiger partial charge < -0.3 is 14.5 Å². The summed E-state index contributed by atoms with van der Waals surface area (Å²) in [6, 6.07) is 1.89. The van der Waals surface area contributed by atoms with Crippen LogP contribution in [0.3, 0.4) is 0 Å². The van der Waals surface area contributed by atoms with Gasteiger partial charge in [0.05, 0.1) is 25.0 Å². The van der Waals surface area contributed by atoms with Gasteiger partial charge in [-0.15, -0.1) is 0 Å². The highest BCUT2D eigenvalue weighted by Crippen LogP contribution is 2.10. The van der Waals surface area contributed by atoms with E-state index in [9.17, 15) is 5.11 Å². The summed E-state index contributed by atoms with van der Waals surface area (Å²) < 4.78 is 4.99. The van der Waals surface area contributed by atoms with Crippen LogP contribution >= 0.6 is 0 Å². The standard InChI is InChI=1S/C10H16N4O2/c1-3-14(4-2)10-12-9(16-13-10)7-8(15)5-6-11/h8,15H,3-5,7H2,1-2H3. The number of hydrogen-bond donors (Lipinski definition) is 1. The van der Waals surface area contributed by atoms with Crippen molar-refractivity contribution in [3.8, 4) is 6.07 Å². The van der Waals surface area contributed by atoms with Gasteiger partial charge in [-0.3, -0.25) is 0 Å². The summed E-state index contributed by atoms with van der Waals surface area (Å²) in [6.07, 6.45) is -0.444. The summed E-state index contributed by atoms with van der Waals surface area (Å²) >= 11 is 0. The van der Waals surface area contributed by atoms with E-state index in [0.717, 1.165) is 13.1 Å². The smallest absolute Gasteiger partial charge is 0.266 e. The van der Waals surface area contributed by atoms with Crippen molar-refractivity contribution < 1.29 is 9.63 Å². The second-order valence-corrected chi connectivity index (χ2v) is 3.38. The highest BCUT2D eigenvalue weighted by molar-refractivity contribution is 5.26. The van der Waals surface area contributed by atoms with Gasteiger partial charge in [-0.05, 0) is 19.0 Å². The molecule has 0 aromatic carbocycles. The van der Waals surface area contributed by atoms with Crippen LogP contribution in [0.1, 0.15) is 26.2 Å². The van der Waals surface area contributed by atoms with Crippen LogP contribution in [-0.4, -0.2) is 34.4 Å². The van der Waals surface area contributed by atoms with Gasteiger partial charge in [-0.1, -0.05) is 0 Å². The topological polar surface area (TPSA) is 86.2 Å². The predicted molar refractivity (Wildman–Crippen MR) is 57.8 cm³/mol. The maximum atomic E-state index is 9.40. The monoisotopic (exact) mass is 224 g/mol. The van der Waals surface area contributed by atoms with Crippen molar-refractivity contribution >= 4 is 5.95 Å². The lowest BCUT2D eigenvalue weighted by molar-refractivity contribution is 0.167. The molecule has 88 valence electrons. The highest BCUT2D eigenvalue weighted by atomic mass is 16.5. The molecule has 1 aromatic heterocycles. The molecule has 1 rings (SSSR count). The van der Waals surface area contributed by atoms with E-state index in [2.05, 4.69) is 10.1 Å². The number of nitrogens with zero attached hydrogens (tertiary/aromatic N) is 4. The van der Waals surface area contributed by atoms with E-state index in [4.69, 9.17) is 9.78 Å². The molecular weight excluding hydrogens is 208 g/mol. The summed E-state index contributed by atoms with van der Waals surface area (Å²) in [7, 11) is 0. The Morgan fingerprint density at radius 2 is 2.19 bits per heavy atom. The van der Waals surface area contributed by atoms with E-state index in [1.165, 1.54) is 0 Å². The summed E-state index contributed by atoms with van der Waals surface area (Å²) in [4.78, 5) is 6.10. The Bertz CT molecular complexity index is 354. The summed E-state index contributed by atoms with van der Waals surface area (Å²) in [6.45, 7) is 5.61. The first-order valence-electron chi connectivity index (χ1n) is 5.33. The minimum absolute atomic E-state index is 0.0724. The molecule has 0 aliphatic heterocycles. The Morgan fingerprint density at radius 1 is 1.50 bits per heavy atom. The van der Waals surface area contributed by atoms with E-state index in [0.29, 0.717) is 11.8 Å². The van der Waals surface area contributed by atoms with Crippen molar-refractivity contribution in [1.29, 1.82) is 5.26 Å². The third kappa shape index (κ3) is 3.21. The van der Waals surface area contributed by atoms with Gasteiger partial charge in [0, 0.05) is 13.1 Å². The largest absolute Gasteiger partial charge is 0.392 e. The predicted octanol–water partition coefficient (Wildman–Crippen LogP) is 0.733. The van der Waals surface area contributed by atoms with Gasteiger partial charge in [0.25, 0.3) is 5.95 Å². The number of aliphatic hydroxyl groups is 1. The molecule has 1 atom stereocenters. The molecule has 0 fully saturated rings. The lowest BCUT2D eigenvalue weighted by atomic mass is 10.2. The fourth-order valence-electron chi connectivity index (χ4n) is 1.34. The maximum Gasteiger partial charge on any atom is 0.266 e. The normalized spacial score (nSPS) is 12.1. The van der Waals surface area contributed by atoms with Crippen LogP contribution in [0, 0.1) is 11.3 Å². The molecule has 6 heteroatoms. The molecule has 0 saturated heterocycles. The lowest BCUT2D eigenvalue weighted by Gasteiger charge is -2.14. The maximum absolute atomic E-state index is 9.40. The van der Waals surface area contributed by atoms with E-state index >= 15 is 0 Å². The molecule has 0 aliphatic rings.